The Morgan fingerprint density at radius 3 is 2.76 bits per heavy atom. The molecule has 0 amide bonds. The van der Waals surface area contributed by atoms with Gasteiger partial charge in [-0.25, -0.2) is 0 Å². The summed E-state index contributed by atoms with van der Waals surface area (Å²) in [6.07, 6.45) is -0.287. The van der Waals surface area contributed by atoms with Gasteiger partial charge in [-0.1, -0.05) is 12.1 Å². The van der Waals surface area contributed by atoms with Crippen molar-refractivity contribution in [2.75, 3.05) is 26.3 Å². The lowest BCUT2D eigenvalue weighted by atomic mass is 10.2. The zero-order chi connectivity index (χ0) is 15.2. The zero-order valence-corrected chi connectivity index (χ0v) is 12.9. The van der Waals surface area contributed by atoms with Gasteiger partial charge in [0.25, 0.3) is 0 Å². The molecule has 0 saturated carbocycles. The summed E-state index contributed by atoms with van der Waals surface area (Å²) in [5.74, 6) is 0.759. The van der Waals surface area contributed by atoms with Gasteiger partial charge in [0.2, 0.25) is 0 Å². The second-order valence-electron chi connectivity index (χ2n) is 5.76. The van der Waals surface area contributed by atoms with E-state index in [-0.39, 0.29) is 6.10 Å². The third-order valence-corrected chi connectivity index (χ3v) is 3.78. The molecular formula is C16H26N2O3. The molecule has 1 heterocycles. The van der Waals surface area contributed by atoms with Gasteiger partial charge in [0.1, 0.15) is 18.5 Å². The summed E-state index contributed by atoms with van der Waals surface area (Å²) in [6, 6.07) is 7.98. The lowest BCUT2D eigenvalue weighted by Crippen LogP contribution is -2.50. The van der Waals surface area contributed by atoms with E-state index in [1.54, 1.807) is 0 Å². The van der Waals surface area contributed by atoms with Crippen LogP contribution < -0.4 is 10.5 Å². The third-order valence-electron chi connectivity index (χ3n) is 3.78. The maximum atomic E-state index is 10.1. The largest absolute Gasteiger partial charge is 0.491 e. The van der Waals surface area contributed by atoms with Crippen LogP contribution in [0.15, 0.2) is 24.3 Å². The molecule has 1 aromatic rings. The predicted octanol–water partition coefficient (Wildman–Crippen LogP) is 0.994. The highest BCUT2D eigenvalue weighted by Gasteiger charge is 2.25. The van der Waals surface area contributed by atoms with Crippen molar-refractivity contribution in [3.63, 3.8) is 0 Å². The summed E-state index contributed by atoms with van der Waals surface area (Å²) in [7, 11) is 0. The molecule has 118 valence electrons. The summed E-state index contributed by atoms with van der Waals surface area (Å²) < 4.78 is 11.2. The molecule has 21 heavy (non-hydrogen) atoms. The van der Waals surface area contributed by atoms with Crippen molar-refractivity contribution in [3.05, 3.63) is 29.8 Å². The van der Waals surface area contributed by atoms with E-state index < -0.39 is 6.10 Å². The first-order valence-corrected chi connectivity index (χ1v) is 7.54. The lowest BCUT2D eigenvalue weighted by molar-refractivity contribution is -0.0650. The van der Waals surface area contributed by atoms with Gasteiger partial charge < -0.3 is 20.3 Å². The Kier molecular flexibility index (Phi) is 5.99. The molecule has 2 rings (SSSR count). The maximum absolute atomic E-state index is 10.1. The van der Waals surface area contributed by atoms with Crippen LogP contribution in [0.25, 0.3) is 0 Å². The van der Waals surface area contributed by atoms with E-state index in [2.05, 4.69) is 18.7 Å². The Balaban J connectivity index is 1.77. The lowest BCUT2D eigenvalue weighted by Gasteiger charge is -2.37. The molecule has 3 N–H and O–H groups in total. The van der Waals surface area contributed by atoms with Gasteiger partial charge in [-0.2, -0.15) is 0 Å². The highest BCUT2D eigenvalue weighted by molar-refractivity contribution is 5.27. The topological polar surface area (TPSA) is 68.0 Å². The Labute approximate surface area is 126 Å². The second kappa shape index (κ2) is 7.75. The molecule has 3 atom stereocenters. The first kappa shape index (κ1) is 16.2. The molecule has 0 spiro atoms. The monoisotopic (exact) mass is 294 g/mol. The molecule has 5 heteroatoms. The minimum atomic E-state index is -0.507. The number of aliphatic hydroxyl groups is 1. The normalized spacial score (nSPS) is 24.8. The number of benzene rings is 1. The van der Waals surface area contributed by atoms with Crippen LogP contribution in [-0.2, 0) is 11.3 Å². The highest BCUT2D eigenvalue weighted by atomic mass is 16.5. The average molecular weight is 294 g/mol. The van der Waals surface area contributed by atoms with Crippen molar-refractivity contribution in [2.24, 2.45) is 5.73 Å². The summed E-state index contributed by atoms with van der Waals surface area (Å²) in [5.41, 5.74) is 6.62. The number of morpholine rings is 1. The summed E-state index contributed by atoms with van der Waals surface area (Å²) in [5, 5.41) is 10.1. The fraction of sp³-hybridized carbons (Fsp3) is 0.625. The second-order valence-corrected chi connectivity index (χ2v) is 5.76. The van der Waals surface area contributed by atoms with E-state index in [0.717, 1.165) is 24.5 Å². The minimum Gasteiger partial charge on any atom is -0.491 e. The Bertz CT molecular complexity index is 424. The molecule has 0 bridgehead atoms. The van der Waals surface area contributed by atoms with Gasteiger partial charge in [0.15, 0.2) is 0 Å². The smallest absolute Gasteiger partial charge is 0.119 e. The molecule has 0 aliphatic carbocycles. The number of β-amino-alcohol motifs (C(OH)–C–C–N with tert-alkyl or cyclic N) is 1. The van der Waals surface area contributed by atoms with Crippen LogP contribution in [0.5, 0.6) is 5.75 Å². The van der Waals surface area contributed by atoms with Gasteiger partial charge in [-0.05, 0) is 31.5 Å². The van der Waals surface area contributed by atoms with Gasteiger partial charge in [-0.15, -0.1) is 0 Å². The van der Waals surface area contributed by atoms with Gasteiger partial charge in [-0.3, -0.25) is 4.90 Å². The van der Waals surface area contributed by atoms with Crippen LogP contribution in [-0.4, -0.2) is 54.6 Å². The van der Waals surface area contributed by atoms with E-state index in [1.807, 2.05) is 24.3 Å². The Morgan fingerprint density at radius 2 is 2.10 bits per heavy atom. The van der Waals surface area contributed by atoms with Crippen LogP contribution >= 0.6 is 0 Å². The molecule has 3 unspecified atom stereocenters. The standard InChI is InChI=1S/C16H26N2O3/c1-12-10-20-13(2)8-18(12)9-15(19)11-21-16-5-3-14(7-17)4-6-16/h3-6,12-13,15,19H,7-11,17H2,1-2H3. The number of rotatable bonds is 6. The minimum absolute atomic E-state index is 0.220. The predicted molar refractivity (Wildman–Crippen MR) is 82.3 cm³/mol. The number of ether oxygens (including phenoxy) is 2. The number of nitrogens with two attached hydrogens (primary N) is 1. The van der Waals surface area contributed by atoms with E-state index in [4.69, 9.17) is 15.2 Å². The summed E-state index contributed by atoms with van der Waals surface area (Å²) in [6.45, 7) is 7.16. The van der Waals surface area contributed by atoms with Crippen LogP contribution in [0, 0.1) is 0 Å². The van der Waals surface area contributed by atoms with Crippen LogP contribution in [0.2, 0.25) is 0 Å². The van der Waals surface area contributed by atoms with Crippen molar-refractivity contribution in [1.82, 2.24) is 4.90 Å². The SMILES string of the molecule is CC1CN(CC(O)COc2ccc(CN)cc2)C(C)CO1. The number of nitrogens with zero attached hydrogens (tertiary/aromatic N) is 1. The molecule has 1 aliphatic rings. The van der Waals surface area contributed by atoms with Crippen molar-refractivity contribution < 1.29 is 14.6 Å². The molecule has 1 saturated heterocycles. The summed E-state index contributed by atoms with van der Waals surface area (Å²) in [4.78, 5) is 2.25. The van der Waals surface area contributed by atoms with E-state index in [0.29, 0.717) is 25.7 Å². The Morgan fingerprint density at radius 1 is 1.38 bits per heavy atom. The quantitative estimate of drug-likeness (QED) is 0.819. The molecule has 0 radical (unpaired) electrons. The molecule has 1 aliphatic heterocycles. The molecule has 1 aromatic carbocycles. The summed E-state index contributed by atoms with van der Waals surface area (Å²) >= 11 is 0. The molecule has 5 nitrogen and oxygen atoms in total. The molecular weight excluding hydrogens is 268 g/mol. The van der Waals surface area contributed by atoms with Crippen LogP contribution in [0.4, 0.5) is 0 Å². The van der Waals surface area contributed by atoms with Gasteiger partial charge in [0, 0.05) is 25.7 Å². The van der Waals surface area contributed by atoms with Crippen molar-refractivity contribution in [1.29, 1.82) is 0 Å². The first-order valence-electron chi connectivity index (χ1n) is 7.54. The van der Waals surface area contributed by atoms with Crippen molar-refractivity contribution in [2.45, 2.75) is 38.6 Å². The van der Waals surface area contributed by atoms with Crippen LogP contribution in [0.1, 0.15) is 19.4 Å². The molecule has 1 fully saturated rings. The average Bonchev–Trinajstić information content (AvgIpc) is 2.49. The zero-order valence-electron chi connectivity index (χ0n) is 12.9. The molecule has 0 aromatic heterocycles. The highest BCUT2D eigenvalue weighted by Crippen LogP contribution is 2.14. The fourth-order valence-corrected chi connectivity index (χ4v) is 2.46. The van der Waals surface area contributed by atoms with E-state index in [1.165, 1.54) is 0 Å². The van der Waals surface area contributed by atoms with E-state index in [9.17, 15) is 5.11 Å². The number of aliphatic hydroxyl groups excluding tert-OH is 1. The van der Waals surface area contributed by atoms with Crippen molar-refractivity contribution >= 4 is 0 Å². The first-order chi connectivity index (χ1) is 10.1. The van der Waals surface area contributed by atoms with Crippen LogP contribution in [0.3, 0.4) is 0 Å². The third kappa shape index (κ3) is 4.97. The van der Waals surface area contributed by atoms with Crippen molar-refractivity contribution in [3.8, 4) is 5.75 Å². The Hall–Kier alpha value is -1.14. The fourth-order valence-electron chi connectivity index (χ4n) is 2.46. The van der Waals surface area contributed by atoms with Gasteiger partial charge >= 0.3 is 0 Å². The van der Waals surface area contributed by atoms with Gasteiger partial charge in [0.05, 0.1) is 12.7 Å². The maximum Gasteiger partial charge on any atom is 0.119 e. The number of hydrogen-bond acceptors (Lipinski definition) is 5. The number of hydrogen-bond donors (Lipinski definition) is 2. The van der Waals surface area contributed by atoms with E-state index >= 15 is 0 Å².